The van der Waals surface area contributed by atoms with Crippen LogP contribution in [-0.4, -0.2) is 0 Å². The van der Waals surface area contributed by atoms with Gasteiger partial charge in [0.25, 0.3) is 0 Å². The lowest BCUT2D eigenvalue weighted by Crippen LogP contribution is -2.13. The highest BCUT2D eigenvalue weighted by Crippen LogP contribution is 2.40. The minimum atomic E-state index is 0.757. The van der Waals surface area contributed by atoms with Gasteiger partial charge in [0.15, 0.2) is 0 Å². The summed E-state index contributed by atoms with van der Waals surface area (Å²) in [5, 5.41) is 0. The van der Waals surface area contributed by atoms with E-state index in [1.807, 2.05) is 0 Å². The molecule has 0 heteroatoms. The molecule has 1 atom stereocenters. The van der Waals surface area contributed by atoms with Crippen molar-refractivity contribution in [3.05, 3.63) is 46.5 Å². The molecule has 0 aliphatic heterocycles. The molecule has 3 rings (SSSR count). The second-order valence-electron chi connectivity index (χ2n) is 10.5. The summed E-state index contributed by atoms with van der Waals surface area (Å²) >= 11 is 0. The topological polar surface area (TPSA) is 0 Å². The van der Waals surface area contributed by atoms with E-state index in [0.29, 0.717) is 0 Å². The third-order valence-corrected chi connectivity index (χ3v) is 8.22. The summed E-state index contributed by atoms with van der Waals surface area (Å²) in [7, 11) is 0. The third-order valence-electron chi connectivity index (χ3n) is 8.22. The maximum atomic E-state index is 2.48. The van der Waals surface area contributed by atoms with E-state index >= 15 is 0 Å². The molecule has 2 aliphatic carbocycles. The molecule has 1 unspecified atom stereocenters. The van der Waals surface area contributed by atoms with Crippen LogP contribution in [0.1, 0.15) is 146 Å². The monoisotopic (exact) mass is 408 g/mol. The molecule has 30 heavy (non-hydrogen) atoms. The molecule has 0 aromatic heterocycles. The van der Waals surface area contributed by atoms with E-state index in [0.717, 1.165) is 17.8 Å². The highest BCUT2D eigenvalue weighted by molar-refractivity contribution is 5.31. The molecule has 1 fully saturated rings. The fourth-order valence-electron chi connectivity index (χ4n) is 6.07. The van der Waals surface area contributed by atoms with E-state index in [2.05, 4.69) is 45.0 Å². The van der Waals surface area contributed by atoms with Crippen molar-refractivity contribution >= 4 is 0 Å². The normalized spacial score (nSPS) is 25.0. The van der Waals surface area contributed by atoms with Crippen LogP contribution >= 0.6 is 0 Å². The van der Waals surface area contributed by atoms with Crippen molar-refractivity contribution in [1.29, 1.82) is 0 Å². The average molecular weight is 409 g/mol. The molecule has 0 N–H and O–H groups in total. The zero-order chi connectivity index (χ0) is 21.2. The molecule has 168 valence electrons. The molecule has 0 saturated heterocycles. The number of unbranched alkanes of at least 4 members (excludes halogenated alkanes) is 5. The van der Waals surface area contributed by atoms with Gasteiger partial charge in [-0.15, -0.1) is 0 Å². The summed E-state index contributed by atoms with van der Waals surface area (Å²) in [5.41, 5.74) is 6.70. The minimum Gasteiger partial charge on any atom is -0.0735 e. The van der Waals surface area contributed by atoms with Gasteiger partial charge in [-0.25, -0.2) is 0 Å². The smallest absolute Gasteiger partial charge is 0.0122 e. The van der Waals surface area contributed by atoms with Crippen molar-refractivity contribution in [3.8, 4) is 0 Å². The fraction of sp³-hybridized carbons (Fsp3) is 0.733. The van der Waals surface area contributed by atoms with Gasteiger partial charge in [-0.05, 0) is 93.6 Å². The Morgan fingerprint density at radius 3 is 1.97 bits per heavy atom. The van der Waals surface area contributed by atoms with Gasteiger partial charge in [-0.3, -0.25) is 0 Å². The van der Waals surface area contributed by atoms with Crippen molar-refractivity contribution in [3.63, 3.8) is 0 Å². The van der Waals surface area contributed by atoms with Crippen LogP contribution in [0.3, 0.4) is 0 Å². The Bertz CT molecular complexity index is 627. The number of hydrogen-bond acceptors (Lipinski definition) is 0. The molecule has 1 aromatic carbocycles. The van der Waals surface area contributed by atoms with Gasteiger partial charge in [0.1, 0.15) is 0 Å². The van der Waals surface area contributed by atoms with E-state index in [1.54, 1.807) is 22.3 Å². The zero-order valence-electron chi connectivity index (χ0n) is 20.4. The molecule has 0 bridgehead atoms. The lowest BCUT2D eigenvalue weighted by Gasteiger charge is -2.30. The first-order valence-corrected chi connectivity index (χ1v) is 13.5. The van der Waals surface area contributed by atoms with Gasteiger partial charge in [-0.2, -0.15) is 0 Å². The Labute approximate surface area is 187 Å². The van der Waals surface area contributed by atoms with Crippen molar-refractivity contribution in [2.45, 2.75) is 135 Å². The summed E-state index contributed by atoms with van der Waals surface area (Å²) in [6.45, 7) is 7.04. The number of hydrogen-bond donors (Lipinski definition) is 0. The Morgan fingerprint density at radius 1 is 0.700 bits per heavy atom. The molecule has 0 amide bonds. The summed E-state index contributed by atoms with van der Waals surface area (Å²) < 4.78 is 0. The maximum absolute atomic E-state index is 2.48. The summed E-state index contributed by atoms with van der Waals surface area (Å²) in [5.74, 6) is 2.59. The van der Waals surface area contributed by atoms with Crippen LogP contribution in [0.25, 0.3) is 0 Å². The molecule has 1 aromatic rings. The van der Waals surface area contributed by atoms with Crippen LogP contribution in [0.15, 0.2) is 35.4 Å². The number of benzene rings is 1. The van der Waals surface area contributed by atoms with Crippen LogP contribution in [0.4, 0.5) is 0 Å². The highest BCUT2D eigenvalue weighted by atomic mass is 14.3. The van der Waals surface area contributed by atoms with Gasteiger partial charge in [0, 0.05) is 0 Å². The van der Waals surface area contributed by atoms with Gasteiger partial charge in [0.05, 0.1) is 0 Å². The Balaban J connectivity index is 1.46. The standard InChI is InChI=1S/C30H48/c1-4-6-8-10-12-26-17-22-30(23-24(26)3)29-20-18-28(19-21-29)27-15-13-25(14-16-27)11-9-7-5-2/h18-21,25,27,30H,4-17,22-23H2,1-3H3. The first-order valence-electron chi connectivity index (χ1n) is 13.5. The second kappa shape index (κ2) is 12.7. The predicted octanol–water partition coefficient (Wildman–Crippen LogP) is 10.1. The zero-order valence-corrected chi connectivity index (χ0v) is 20.4. The fourth-order valence-corrected chi connectivity index (χ4v) is 6.07. The molecule has 0 radical (unpaired) electrons. The molecule has 0 spiro atoms. The van der Waals surface area contributed by atoms with Crippen molar-refractivity contribution in [2.75, 3.05) is 0 Å². The third kappa shape index (κ3) is 7.00. The van der Waals surface area contributed by atoms with Crippen LogP contribution in [0.2, 0.25) is 0 Å². The maximum Gasteiger partial charge on any atom is -0.0122 e. The van der Waals surface area contributed by atoms with E-state index < -0.39 is 0 Å². The quantitative estimate of drug-likeness (QED) is 0.252. The van der Waals surface area contributed by atoms with Gasteiger partial charge in [-0.1, -0.05) is 94.2 Å². The largest absolute Gasteiger partial charge is 0.0735 e. The van der Waals surface area contributed by atoms with Gasteiger partial charge < -0.3 is 0 Å². The average Bonchev–Trinajstić information content (AvgIpc) is 2.78. The lowest BCUT2D eigenvalue weighted by atomic mass is 9.76. The van der Waals surface area contributed by atoms with E-state index in [4.69, 9.17) is 0 Å². The molecule has 1 saturated carbocycles. The molecule has 0 nitrogen and oxygen atoms in total. The first kappa shape index (κ1) is 23.6. The number of allylic oxidation sites excluding steroid dienone is 2. The van der Waals surface area contributed by atoms with E-state index in [1.165, 1.54) is 103 Å². The van der Waals surface area contributed by atoms with Crippen molar-refractivity contribution in [2.24, 2.45) is 5.92 Å². The van der Waals surface area contributed by atoms with Crippen LogP contribution in [0.5, 0.6) is 0 Å². The van der Waals surface area contributed by atoms with E-state index in [9.17, 15) is 0 Å². The minimum absolute atomic E-state index is 0.757. The highest BCUT2D eigenvalue weighted by Gasteiger charge is 2.23. The summed E-state index contributed by atoms with van der Waals surface area (Å²) in [4.78, 5) is 0. The predicted molar refractivity (Wildman–Crippen MR) is 133 cm³/mol. The van der Waals surface area contributed by atoms with Crippen molar-refractivity contribution in [1.82, 2.24) is 0 Å². The van der Waals surface area contributed by atoms with Gasteiger partial charge >= 0.3 is 0 Å². The first-order chi connectivity index (χ1) is 14.7. The molecule has 2 aliphatic rings. The Hall–Kier alpha value is -1.04. The summed E-state index contributed by atoms with van der Waals surface area (Å²) in [6, 6.07) is 9.92. The van der Waals surface area contributed by atoms with Crippen LogP contribution in [-0.2, 0) is 0 Å². The Morgan fingerprint density at radius 2 is 1.33 bits per heavy atom. The SMILES string of the molecule is CCCCCCC1=C(C)CC(c2ccc(C3CCC(CCCCC)CC3)cc2)CC1. The Kier molecular flexibility index (Phi) is 10.0. The van der Waals surface area contributed by atoms with Crippen molar-refractivity contribution < 1.29 is 0 Å². The molecular formula is C30H48. The van der Waals surface area contributed by atoms with Gasteiger partial charge in [0.2, 0.25) is 0 Å². The van der Waals surface area contributed by atoms with E-state index in [-0.39, 0.29) is 0 Å². The molecular weight excluding hydrogens is 360 g/mol. The number of rotatable bonds is 11. The lowest BCUT2D eigenvalue weighted by molar-refractivity contribution is 0.303. The second-order valence-corrected chi connectivity index (χ2v) is 10.5. The van der Waals surface area contributed by atoms with Crippen LogP contribution in [0, 0.1) is 5.92 Å². The molecule has 0 heterocycles. The van der Waals surface area contributed by atoms with Crippen LogP contribution < -0.4 is 0 Å². The summed E-state index contributed by atoms with van der Waals surface area (Å²) in [6.07, 6.45) is 22.4.